The third-order valence-electron chi connectivity index (χ3n) is 4.65. The van der Waals surface area contributed by atoms with Gasteiger partial charge in [-0.25, -0.2) is 4.98 Å². The van der Waals surface area contributed by atoms with Crippen LogP contribution in [0.25, 0.3) is 11.3 Å². The van der Waals surface area contributed by atoms with E-state index in [1.165, 1.54) is 25.3 Å². The van der Waals surface area contributed by atoms with Crippen molar-refractivity contribution in [3.8, 4) is 11.3 Å². The molecule has 1 aromatic carbocycles. The lowest BCUT2D eigenvalue weighted by Crippen LogP contribution is -2.29. The van der Waals surface area contributed by atoms with Crippen LogP contribution in [0.4, 0.5) is 5.69 Å². The molecule has 4 rings (SSSR count). The van der Waals surface area contributed by atoms with E-state index in [2.05, 4.69) is 22.7 Å². The highest BCUT2D eigenvalue weighted by atomic mass is 16.3. The SMILES string of the molecule is C=CC(=O)N(Cc1cc(C2CC2)nn1C)c1ccc(-c2cnco2)cc1. The highest BCUT2D eigenvalue weighted by Crippen LogP contribution is 2.39. The monoisotopic (exact) mass is 348 g/mol. The van der Waals surface area contributed by atoms with Crippen LogP contribution < -0.4 is 4.90 Å². The average Bonchev–Trinajstić information content (AvgIpc) is 3.24. The third-order valence-corrected chi connectivity index (χ3v) is 4.65. The number of anilines is 1. The number of benzene rings is 1. The zero-order valence-electron chi connectivity index (χ0n) is 14.6. The summed E-state index contributed by atoms with van der Waals surface area (Å²) >= 11 is 0. The van der Waals surface area contributed by atoms with Crippen molar-refractivity contribution >= 4 is 11.6 Å². The van der Waals surface area contributed by atoms with Gasteiger partial charge in [0.05, 0.1) is 24.1 Å². The first-order chi connectivity index (χ1) is 12.7. The largest absolute Gasteiger partial charge is 0.444 e. The van der Waals surface area contributed by atoms with E-state index in [0.717, 1.165) is 22.6 Å². The molecule has 6 nitrogen and oxygen atoms in total. The maximum Gasteiger partial charge on any atom is 0.250 e. The van der Waals surface area contributed by atoms with Crippen LogP contribution in [0.1, 0.15) is 30.1 Å². The van der Waals surface area contributed by atoms with E-state index in [1.54, 1.807) is 11.1 Å². The molecular weight excluding hydrogens is 328 g/mol. The highest BCUT2D eigenvalue weighted by Gasteiger charge is 2.27. The predicted octanol–water partition coefficient (Wildman–Crippen LogP) is 3.67. The quantitative estimate of drug-likeness (QED) is 0.638. The lowest BCUT2D eigenvalue weighted by Gasteiger charge is -2.21. The van der Waals surface area contributed by atoms with Crippen molar-refractivity contribution < 1.29 is 9.21 Å². The second kappa shape index (κ2) is 6.63. The molecule has 2 heterocycles. The Bertz CT molecular complexity index is 921. The van der Waals surface area contributed by atoms with Crippen LogP contribution in [0.5, 0.6) is 0 Å². The number of amides is 1. The molecule has 0 bridgehead atoms. The Morgan fingerprint density at radius 2 is 2.15 bits per heavy atom. The number of oxazole rings is 1. The maximum absolute atomic E-state index is 12.4. The van der Waals surface area contributed by atoms with Crippen molar-refractivity contribution in [2.75, 3.05) is 4.90 Å². The van der Waals surface area contributed by atoms with E-state index < -0.39 is 0 Å². The lowest BCUT2D eigenvalue weighted by atomic mass is 10.1. The average molecular weight is 348 g/mol. The van der Waals surface area contributed by atoms with Gasteiger partial charge in [0.15, 0.2) is 12.2 Å². The number of hydrogen-bond acceptors (Lipinski definition) is 4. The first-order valence-corrected chi connectivity index (χ1v) is 8.61. The number of carbonyl (C=O) groups is 1. The van der Waals surface area contributed by atoms with Crippen molar-refractivity contribution in [2.45, 2.75) is 25.3 Å². The maximum atomic E-state index is 12.4. The fourth-order valence-corrected chi connectivity index (χ4v) is 2.99. The van der Waals surface area contributed by atoms with E-state index in [9.17, 15) is 4.79 Å². The summed E-state index contributed by atoms with van der Waals surface area (Å²) in [7, 11) is 1.92. The number of rotatable bonds is 6. The van der Waals surface area contributed by atoms with Crippen molar-refractivity contribution in [2.24, 2.45) is 7.05 Å². The van der Waals surface area contributed by atoms with Crippen LogP contribution in [0.15, 0.2) is 60.0 Å². The summed E-state index contributed by atoms with van der Waals surface area (Å²) in [5.41, 5.74) is 3.83. The molecule has 1 aliphatic carbocycles. The zero-order valence-corrected chi connectivity index (χ0v) is 14.6. The molecule has 0 N–H and O–H groups in total. The number of hydrogen-bond donors (Lipinski definition) is 0. The summed E-state index contributed by atoms with van der Waals surface area (Å²) in [6.45, 7) is 4.08. The zero-order chi connectivity index (χ0) is 18.1. The highest BCUT2D eigenvalue weighted by molar-refractivity contribution is 6.01. The van der Waals surface area contributed by atoms with Gasteiger partial charge in [-0.2, -0.15) is 5.10 Å². The molecule has 0 unspecified atom stereocenters. The van der Waals surface area contributed by atoms with Crippen LogP contribution in [-0.4, -0.2) is 20.7 Å². The number of carbonyl (C=O) groups excluding carboxylic acids is 1. The van der Waals surface area contributed by atoms with Gasteiger partial charge in [0.25, 0.3) is 5.91 Å². The summed E-state index contributed by atoms with van der Waals surface area (Å²) in [6.07, 6.45) is 6.81. The Morgan fingerprint density at radius 1 is 1.38 bits per heavy atom. The van der Waals surface area contributed by atoms with E-state index in [-0.39, 0.29) is 5.91 Å². The fraction of sp³-hybridized carbons (Fsp3) is 0.250. The normalized spacial score (nSPS) is 13.6. The summed E-state index contributed by atoms with van der Waals surface area (Å²) in [5.74, 6) is 1.13. The second-order valence-corrected chi connectivity index (χ2v) is 6.50. The molecule has 1 amide bonds. The molecule has 1 saturated carbocycles. The Balaban J connectivity index is 1.60. The van der Waals surface area contributed by atoms with Crippen molar-refractivity contribution in [1.82, 2.24) is 14.8 Å². The first kappa shape index (κ1) is 16.3. The molecule has 6 heteroatoms. The first-order valence-electron chi connectivity index (χ1n) is 8.61. The Morgan fingerprint density at radius 3 is 2.77 bits per heavy atom. The van der Waals surface area contributed by atoms with Crippen LogP contribution in [-0.2, 0) is 18.4 Å². The molecule has 1 aliphatic rings. The minimum absolute atomic E-state index is 0.147. The van der Waals surface area contributed by atoms with Crippen molar-refractivity contribution in [3.63, 3.8) is 0 Å². The van der Waals surface area contributed by atoms with E-state index in [4.69, 9.17) is 4.42 Å². The molecule has 0 aliphatic heterocycles. The predicted molar refractivity (Wildman–Crippen MR) is 98.5 cm³/mol. The minimum atomic E-state index is -0.147. The van der Waals surface area contributed by atoms with Crippen LogP contribution >= 0.6 is 0 Å². The number of nitrogens with zero attached hydrogens (tertiary/aromatic N) is 4. The summed E-state index contributed by atoms with van der Waals surface area (Å²) in [5, 5.41) is 4.59. The van der Waals surface area contributed by atoms with Gasteiger partial charge in [-0.05, 0) is 49.2 Å². The molecule has 1 fully saturated rings. The van der Waals surface area contributed by atoms with Crippen molar-refractivity contribution in [3.05, 3.63) is 67.0 Å². The summed E-state index contributed by atoms with van der Waals surface area (Å²) < 4.78 is 7.17. The molecule has 0 radical (unpaired) electrons. The molecular formula is C20H20N4O2. The fourth-order valence-electron chi connectivity index (χ4n) is 2.99. The smallest absolute Gasteiger partial charge is 0.250 e. The van der Waals surface area contributed by atoms with E-state index >= 15 is 0 Å². The molecule has 132 valence electrons. The topological polar surface area (TPSA) is 64.2 Å². The minimum Gasteiger partial charge on any atom is -0.444 e. The van der Waals surface area contributed by atoms with Gasteiger partial charge in [0.2, 0.25) is 0 Å². The van der Waals surface area contributed by atoms with Gasteiger partial charge in [-0.3, -0.25) is 9.48 Å². The Labute approximate surface area is 151 Å². The Hall–Kier alpha value is -3.15. The van der Waals surface area contributed by atoms with Crippen LogP contribution in [0.2, 0.25) is 0 Å². The standard InChI is InChI=1S/C20H20N4O2/c1-3-20(25)24(12-17-10-18(14-4-5-14)22-23(17)2)16-8-6-15(7-9-16)19-11-21-13-26-19/h3,6-11,13-14H,1,4-5,12H2,2H3. The molecule has 2 aromatic heterocycles. The van der Waals surface area contributed by atoms with Gasteiger partial charge in [0.1, 0.15) is 0 Å². The summed E-state index contributed by atoms with van der Waals surface area (Å²) in [6, 6.07) is 9.73. The van der Waals surface area contributed by atoms with Crippen LogP contribution in [0, 0.1) is 0 Å². The number of aromatic nitrogens is 3. The van der Waals surface area contributed by atoms with Gasteiger partial charge in [-0.1, -0.05) is 6.58 Å². The molecule has 0 atom stereocenters. The van der Waals surface area contributed by atoms with Gasteiger partial charge >= 0.3 is 0 Å². The van der Waals surface area contributed by atoms with Gasteiger partial charge in [0, 0.05) is 24.2 Å². The molecule has 0 spiro atoms. The third kappa shape index (κ3) is 3.18. The molecule has 0 saturated heterocycles. The van der Waals surface area contributed by atoms with Gasteiger partial charge < -0.3 is 9.32 Å². The van der Waals surface area contributed by atoms with E-state index in [1.807, 2.05) is 36.0 Å². The molecule has 26 heavy (non-hydrogen) atoms. The lowest BCUT2D eigenvalue weighted by molar-refractivity contribution is -0.114. The van der Waals surface area contributed by atoms with Crippen molar-refractivity contribution in [1.29, 1.82) is 0 Å². The van der Waals surface area contributed by atoms with E-state index in [0.29, 0.717) is 18.2 Å². The van der Waals surface area contributed by atoms with Gasteiger partial charge in [-0.15, -0.1) is 0 Å². The second-order valence-electron chi connectivity index (χ2n) is 6.50. The van der Waals surface area contributed by atoms with Crippen LogP contribution in [0.3, 0.4) is 0 Å². The summed E-state index contributed by atoms with van der Waals surface area (Å²) in [4.78, 5) is 18.1. The number of aryl methyl sites for hydroxylation is 1. The Kier molecular flexibility index (Phi) is 4.16. The molecule has 3 aromatic rings.